The van der Waals surface area contributed by atoms with Gasteiger partial charge in [-0.15, -0.1) is 0 Å². The van der Waals surface area contributed by atoms with Gasteiger partial charge in [-0.05, 0) is 5.41 Å². The lowest BCUT2D eigenvalue weighted by Gasteiger charge is -2.11. The Kier molecular flexibility index (Phi) is 0.844. The summed E-state index contributed by atoms with van der Waals surface area (Å²) in [4.78, 5) is 10.9. The van der Waals surface area contributed by atoms with E-state index in [4.69, 9.17) is 5.11 Å². The Morgan fingerprint density at radius 2 is 2.20 bits per heavy atom. The van der Waals surface area contributed by atoms with Crippen molar-refractivity contribution in [3.05, 3.63) is 0 Å². The van der Waals surface area contributed by atoms with E-state index in [-0.39, 0.29) is 23.2 Å². The monoisotopic (exact) mass is 142 g/mol. The highest BCUT2D eigenvalue weighted by atomic mass is 16.6. The number of carbonyl (C=O) groups excluding carboxylic acids is 1. The number of hydrogen-bond donors (Lipinski definition) is 1. The molecule has 1 aliphatic carbocycles. The highest BCUT2D eigenvalue weighted by molar-refractivity contribution is 5.80. The third kappa shape index (κ3) is 0.475. The van der Waals surface area contributed by atoms with Crippen LogP contribution in [-0.4, -0.2) is 17.4 Å². The third-order valence-electron chi connectivity index (χ3n) is 2.71. The lowest BCUT2D eigenvalue weighted by Crippen LogP contribution is -2.18. The summed E-state index contributed by atoms with van der Waals surface area (Å²) in [5.41, 5.74) is -0.0191. The van der Waals surface area contributed by atoms with Crippen LogP contribution in [0.3, 0.4) is 0 Å². The largest absolute Gasteiger partial charge is 0.435 e. The average molecular weight is 142 g/mol. The molecule has 56 valence electrons. The third-order valence-corrected chi connectivity index (χ3v) is 2.71. The molecule has 3 atom stereocenters. The van der Waals surface area contributed by atoms with Gasteiger partial charge < -0.3 is 9.84 Å². The highest BCUT2D eigenvalue weighted by Gasteiger charge is 2.71. The molecule has 0 aromatic rings. The minimum absolute atomic E-state index is 0.0191. The van der Waals surface area contributed by atoms with Crippen LogP contribution in [0.5, 0.6) is 0 Å². The first-order chi connectivity index (χ1) is 4.55. The second-order valence-corrected chi connectivity index (χ2v) is 3.65. The molecule has 0 spiro atoms. The number of aliphatic hydroxyl groups is 1. The number of fused-ring (bicyclic) bond motifs is 1. The Balaban J connectivity index is 2.25. The molecule has 2 rings (SSSR count). The van der Waals surface area contributed by atoms with Gasteiger partial charge in [0.25, 0.3) is 0 Å². The first-order valence-electron chi connectivity index (χ1n) is 3.43. The van der Waals surface area contributed by atoms with E-state index in [1.54, 1.807) is 0 Å². The molecule has 2 unspecified atom stereocenters. The number of esters is 1. The minimum Gasteiger partial charge on any atom is -0.435 e. The van der Waals surface area contributed by atoms with E-state index in [1.165, 1.54) is 0 Å². The van der Waals surface area contributed by atoms with Crippen molar-refractivity contribution >= 4 is 5.97 Å². The van der Waals surface area contributed by atoms with Crippen molar-refractivity contribution in [1.82, 2.24) is 0 Å². The number of ether oxygens (including phenoxy) is 1. The molecule has 0 radical (unpaired) electrons. The zero-order chi connectivity index (χ0) is 7.52. The van der Waals surface area contributed by atoms with Crippen LogP contribution in [0.1, 0.15) is 13.8 Å². The SMILES string of the molecule is CC1(C)C2C(O)OC(=O)[C@H]21. The van der Waals surface area contributed by atoms with Crippen molar-refractivity contribution in [2.45, 2.75) is 20.1 Å². The summed E-state index contributed by atoms with van der Waals surface area (Å²) < 4.78 is 4.58. The fourth-order valence-electron chi connectivity index (χ4n) is 1.93. The van der Waals surface area contributed by atoms with Crippen LogP contribution >= 0.6 is 0 Å². The maximum atomic E-state index is 10.9. The second kappa shape index (κ2) is 1.37. The normalized spacial score (nSPS) is 48.3. The van der Waals surface area contributed by atoms with Crippen LogP contribution in [0.2, 0.25) is 0 Å². The van der Waals surface area contributed by atoms with Gasteiger partial charge in [-0.2, -0.15) is 0 Å². The van der Waals surface area contributed by atoms with E-state index >= 15 is 0 Å². The molecule has 3 nitrogen and oxygen atoms in total. The van der Waals surface area contributed by atoms with E-state index in [0.717, 1.165) is 0 Å². The molecule has 0 aromatic carbocycles. The molecule has 0 aromatic heterocycles. The van der Waals surface area contributed by atoms with Crippen LogP contribution in [-0.2, 0) is 9.53 Å². The lowest BCUT2D eigenvalue weighted by molar-refractivity contribution is -0.164. The van der Waals surface area contributed by atoms with Crippen molar-refractivity contribution in [1.29, 1.82) is 0 Å². The van der Waals surface area contributed by atoms with Crippen LogP contribution in [0.4, 0.5) is 0 Å². The number of hydrogen-bond acceptors (Lipinski definition) is 3. The van der Waals surface area contributed by atoms with E-state index in [2.05, 4.69) is 4.74 Å². The number of cyclic esters (lactones) is 1. The number of carbonyl (C=O) groups is 1. The van der Waals surface area contributed by atoms with Crippen molar-refractivity contribution < 1.29 is 14.6 Å². The standard InChI is InChI=1S/C7H10O3/c1-7(2)3-4(7)6(9)10-5(3)8/h3-5,8H,1-2H3/t3?,4-,5?/m0/s1. The summed E-state index contributed by atoms with van der Waals surface area (Å²) in [6, 6.07) is 0. The van der Waals surface area contributed by atoms with Gasteiger partial charge in [0.1, 0.15) is 0 Å². The molecule has 1 saturated carbocycles. The Morgan fingerprint density at radius 1 is 1.60 bits per heavy atom. The van der Waals surface area contributed by atoms with E-state index in [1.807, 2.05) is 13.8 Å². The van der Waals surface area contributed by atoms with E-state index in [0.29, 0.717) is 0 Å². The maximum Gasteiger partial charge on any atom is 0.312 e. The Bertz CT molecular complexity index is 197. The lowest BCUT2D eigenvalue weighted by atomic mass is 10.1. The van der Waals surface area contributed by atoms with E-state index < -0.39 is 6.29 Å². The summed E-state index contributed by atoms with van der Waals surface area (Å²) in [7, 11) is 0. The predicted octanol–water partition coefficient (Wildman–Crippen LogP) is 0.134. The summed E-state index contributed by atoms with van der Waals surface area (Å²) in [6.07, 6.45) is -0.840. The molecule has 0 amide bonds. The number of aliphatic hydroxyl groups excluding tert-OH is 1. The van der Waals surface area contributed by atoms with Gasteiger partial charge >= 0.3 is 5.97 Å². The zero-order valence-electron chi connectivity index (χ0n) is 6.00. The van der Waals surface area contributed by atoms with Gasteiger partial charge in [-0.3, -0.25) is 4.79 Å². The van der Waals surface area contributed by atoms with Crippen molar-refractivity contribution in [2.24, 2.45) is 17.3 Å². The van der Waals surface area contributed by atoms with Crippen LogP contribution in [0, 0.1) is 17.3 Å². The molecule has 0 bridgehead atoms. The van der Waals surface area contributed by atoms with Gasteiger partial charge in [0.05, 0.1) is 5.92 Å². The second-order valence-electron chi connectivity index (χ2n) is 3.65. The van der Waals surface area contributed by atoms with Crippen molar-refractivity contribution in [2.75, 3.05) is 0 Å². The fourth-order valence-corrected chi connectivity index (χ4v) is 1.93. The molecule has 10 heavy (non-hydrogen) atoms. The molecular weight excluding hydrogens is 132 g/mol. The zero-order valence-corrected chi connectivity index (χ0v) is 6.00. The molecule has 1 aliphatic heterocycles. The van der Waals surface area contributed by atoms with Gasteiger partial charge in [0.15, 0.2) is 0 Å². The Morgan fingerprint density at radius 3 is 2.40 bits per heavy atom. The summed E-state index contributed by atoms with van der Waals surface area (Å²) >= 11 is 0. The van der Waals surface area contributed by atoms with Crippen molar-refractivity contribution in [3.8, 4) is 0 Å². The summed E-state index contributed by atoms with van der Waals surface area (Å²) in [6.45, 7) is 3.96. The fraction of sp³-hybridized carbons (Fsp3) is 0.857. The highest BCUT2D eigenvalue weighted by Crippen LogP contribution is 2.63. The van der Waals surface area contributed by atoms with Gasteiger partial charge in [-0.1, -0.05) is 13.8 Å². The van der Waals surface area contributed by atoms with Crippen molar-refractivity contribution in [3.63, 3.8) is 0 Å². The molecule has 1 saturated heterocycles. The predicted molar refractivity (Wildman–Crippen MR) is 32.9 cm³/mol. The first-order valence-corrected chi connectivity index (χ1v) is 3.43. The van der Waals surface area contributed by atoms with Gasteiger partial charge in [0, 0.05) is 5.92 Å². The Hall–Kier alpha value is -0.570. The average Bonchev–Trinajstić information content (AvgIpc) is 2.17. The molecule has 3 heteroatoms. The number of rotatable bonds is 0. The molecular formula is C7H10O3. The summed E-state index contributed by atoms with van der Waals surface area (Å²) in [5, 5.41) is 9.10. The van der Waals surface area contributed by atoms with Gasteiger partial charge in [-0.25, -0.2) is 0 Å². The smallest absolute Gasteiger partial charge is 0.312 e. The molecule has 1 heterocycles. The topological polar surface area (TPSA) is 46.5 Å². The summed E-state index contributed by atoms with van der Waals surface area (Å²) in [5.74, 6) is -0.218. The van der Waals surface area contributed by atoms with E-state index in [9.17, 15) is 4.79 Å². The first kappa shape index (κ1) is 6.16. The minimum atomic E-state index is -0.840. The van der Waals surface area contributed by atoms with Crippen LogP contribution in [0.15, 0.2) is 0 Å². The molecule has 2 fully saturated rings. The van der Waals surface area contributed by atoms with Crippen LogP contribution < -0.4 is 0 Å². The quantitative estimate of drug-likeness (QED) is 0.489. The van der Waals surface area contributed by atoms with Crippen LogP contribution in [0.25, 0.3) is 0 Å². The maximum absolute atomic E-state index is 10.9. The molecule has 1 N–H and O–H groups in total. The molecule has 2 aliphatic rings. The Labute approximate surface area is 59.0 Å². The van der Waals surface area contributed by atoms with Gasteiger partial charge in [0.2, 0.25) is 6.29 Å².